The molecular formula is C22H29N5O. The number of hydrogen-bond acceptors (Lipinski definition) is 5. The van der Waals surface area contributed by atoms with Crippen molar-refractivity contribution in [2.45, 2.75) is 38.6 Å². The standard InChI is InChI=1S/C22H29N5O/c1-2-26-12-14-27(15-13-26)20-16-19(22(28)23-18-10-6-7-11-18)24-21(25-20)17-8-4-3-5-9-17/h3-5,8-9,16,18H,2,6-7,10-15H2,1H3,(H,23,28). The summed E-state index contributed by atoms with van der Waals surface area (Å²) in [7, 11) is 0. The lowest BCUT2D eigenvalue weighted by Crippen LogP contribution is -2.46. The summed E-state index contributed by atoms with van der Waals surface area (Å²) in [4.78, 5) is 27.0. The monoisotopic (exact) mass is 379 g/mol. The lowest BCUT2D eigenvalue weighted by Gasteiger charge is -2.35. The van der Waals surface area contributed by atoms with Crippen molar-refractivity contribution < 1.29 is 4.79 Å². The van der Waals surface area contributed by atoms with Gasteiger partial charge in [0.15, 0.2) is 5.82 Å². The molecule has 2 heterocycles. The molecule has 1 amide bonds. The largest absolute Gasteiger partial charge is 0.354 e. The Hall–Kier alpha value is -2.47. The molecule has 0 spiro atoms. The van der Waals surface area contributed by atoms with Crippen molar-refractivity contribution in [1.29, 1.82) is 0 Å². The zero-order valence-electron chi connectivity index (χ0n) is 16.6. The molecule has 1 saturated carbocycles. The summed E-state index contributed by atoms with van der Waals surface area (Å²) >= 11 is 0. The van der Waals surface area contributed by atoms with E-state index in [1.165, 1.54) is 12.8 Å². The fourth-order valence-electron chi connectivity index (χ4n) is 4.05. The number of hydrogen-bond donors (Lipinski definition) is 1. The van der Waals surface area contributed by atoms with Gasteiger partial charge in [0, 0.05) is 43.9 Å². The van der Waals surface area contributed by atoms with Crippen molar-refractivity contribution in [3.8, 4) is 11.4 Å². The van der Waals surface area contributed by atoms with Crippen LogP contribution < -0.4 is 10.2 Å². The molecule has 6 nitrogen and oxygen atoms in total. The number of anilines is 1. The predicted octanol–water partition coefficient (Wildman–Crippen LogP) is 2.96. The van der Waals surface area contributed by atoms with Gasteiger partial charge in [-0.2, -0.15) is 0 Å². The van der Waals surface area contributed by atoms with Gasteiger partial charge in [-0.1, -0.05) is 50.1 Å². The smallest absolute Gasteiger partial charge is 0.270 e. The van der Waals surface area contributed by atoms with E-state index in [2.05, 4.69) is 27.0 Å². The van der Waals surface area contributed by atoms with E-state index in [1.54, 1.807) is 0 Å². The van der Waals surface area contributed by atoms with Crippen LogP contribution in [-0.2, 0) is 0 Å². The molecule has 1 aliphatic carbocycles. The second-order valence-electron chi connectivity index (χ2n) is 7.68. The molecule has 2 fully saturated rings. The third-order valence-corrected chi connectivity index (χ3v) is 5.81. The first kappa shape index (κ1) is 18.9. The van der Waals surface area contributed by atoms with Crippen LogP contribution in [-0.4, -0.2) is 59.5 Å². The summed E-state index contributed by atoms with van der Waals surface area (Å²) in [5.41, 5.74) is 1.40. The van der Waals surface area contributed by atoms with Crippen LogP contribution in [0.4, 0.5) is 5.82 Å². The quantitative estimate of drug-likeness (QED) is 0.865. The van der Waals surface area contributed by atoms with Gasteiger partial charge in [-0.05, 0) is 19.4 Å². The van der Waals surface area contributed by atoms with Crippen molar-refractivity contribution in [2.75, 3.05) is 37.6 Å². The van der Waals surface area contributed by atoms with E-state index in [-0.39, 0.29) is 11.9 Å². The van der Waals surface area contributed by atoms with Crippen molar-refractivity contribution in [3.63, 3.8) is 0 Å². The molecular weight excluding hydrogens is 350 g/mol. The Bertz CT molecular complexity index is 796. The van der Waals surface area contributed by atoms with E-state index < -0.39 is 0 Å². The Labute approximate surface area is 167 Å². The van der Waals surface area contributed by atoms with Crippen molar-refractivity contribution >= 4 is 11.7 Å². The van der Waals surface area contributed by atoms with Gasteiger partial charge in [-0.25, -0.2) is 9.97 Å². The second-order valence-corrected chi connectivity index (χ2v) is 7.68. The van der Waals surface area contributed by atoms with Gasteiger partial charge in [0.05, 0.1) is 0 Å². The van der Waals surface area contributed by atoms with Crippen LogP contribution in [0.1, 0.15) is 43.1 Å². The highest BCUT2D eigenvalue weighted by molar-refractivity contribution is 5.93. The minimum absolute atomic E-state index is 0.0834. The predicted molar refractivity (Wildman–Crippen MR) is 112 cm³/mol. The first-order valence-electron chi connectivity index (χ1n) is 10.5. The molecule has 28 heavy (non-hydrogen) atoms. The van der Waals surface area contributed by atoms with Crippen LogP contribution in [0.3, 0.4) is 0 Å². The molecule has 0 bridgehead atoms. The van der Waals surface area contributed by atoms with E-state index in [0.717, 1.165) is 56.9 Å². The van der Waals surface area contributed by atoms with E-state index in [4.69, 9.17) is 4.98 Å². The number of benzene rings is 1. The zero-order chi connectivity index (χ0) is 19.3. The number of likely N-dealkylation sites (N-methyl/N-ethyl adjacent to an activating group) is 1. The minimum Gasteiger partial charge on any atom is -0.354 e. The average Bonchev–Trinajstić information content (AvgIpc) is 3.27. The van der Waals surface area contributed by atoms with Crippen molar-refractivity contribution in [1.82, 2.24) is 20.2 Å². The third kappa shape index (κ3) is 4.33. The van der Waals surface area contributed by atoms with Crippen LogP contribution in [0.5, 0.6) is 0 Å². The van der Waals surface area contributed by atoms with Crippen LogP contribution in [0.2, 0.25) is 0 Å². The normalized spacial score (nSPS) is 18.4. The zero-order valence-corrected chi connectivity index (χ0v) is 16.6. The highest BCUT2D eigenvalue weighted by atomic mass is 16.1. The van der Waals surface area contributed by atoms with Gasteiger partial charge < -0.3 is 15.1 Å². The molecule has 0 radical (unpaired) electrons. The van der Waals surface area contributed by atoms with Crippen LogP contribution in [0, 0.1) is 0 Å². The summed E-state index contributed by atoms with van der Waals surface area (Å²) in [6.45, 7) is 7.14. The molecule has 2 aromatic rings. The summed E-state index contributed by atoms with van der Waals surface area (Å²) < 4.78 is 0. The number of nitrogens with one attached hydrogen (secondary N) is 1. The van der Waals surface area contributed by atoms with E-state index in [1.807, 2.05) is 36.4 Å². The maximum Gasteiger partial charge on any atom is 0.270 e. The maximum absolute atomic E-state index is 12.9. The molecule has 4 rings (SSSR count). The van der Waals surface area contributed by atoms with Crippen molar-refractivity contribution in [3.05, 3.63) is 42.1 Å². The molecule has 0 atom stereocenters. The molecule has 2 aliphatic rings. The Kier molecular flexibility index (Phi) is 5.86. The van der Waals surface area contributed by atoms with Crippen LogP contribution in [0.25, 0.3) is 11.4 Å². The van der Waals surface area contributed by atoms with Gasteiger partial charge in [0.1, 0.15) is 11.5 Å². The topological polar surface area (TPSA) is 61.4 Å². The molecule has 148 valence electrons. The van der Waals surface area contributed by atoms with E-state index >= 15 is 0 Å². The molecule has 1 saturated heterocycles. The Morgan fingerprint density at radius 3 is 2.46 bits per heavy atom. The Morgan fingerprint density at radius 2 is 1.79 bits per heavy atom. The molecule has 1 aromatic heterocycles. The van der Waals surface area contributed by atoms with Gasteiger partial charge in [-0.3, -0.25) is 4.79 Å². The summed E-state index contributed by atoms with van der Waals surface area (Å²) in [6, 6.07) is 12.1. The number of carbonyl (C=O) groups is 1. The maximum atomic E-state index is 12.9. The summed E-state index contributed by atoms with van der Waals surface area (Å²) in [6.07, 6.45) is 4.51. The highest BCUT2D eigenvalue weighted by Gasteiger charge is 2.23. The fraction of sp³-hybridized carbons (Fsp3) is 0.500. The number of carbonyl (C=O) groups excluding carboxylic acids is 1. The van der Waals surface area contributed by atoms with Crippen LogP contribution >= 0.6 is 0 Å². The summed E-state index contributed by atoms with van der Waals surface area (Å²) in [5, 5.41) is 3.16. The van der Waals surface area contributed by atoms with Gasteiger partial charge in [0.25, 0.3) is 5.91 Å². The number of piperazine rings is 1. The van der Waals surface area contributed by atoms with Crippen LogP contribution in [0.15, 0.2) is 36.4 Å². The lowest BCUT2D eigenvalue weighted by atomic mass is 10.2. The molecule has 0 unspecified atom stereocenters. The molecule has 1 aromatic carbocycles. The fourth-order valence-corrected chi connectivity index (χ4v) is 4.05. The number of aromatic nitrogens is 2. The molecule has 1 aliphatic heterocycles. The Morgan fingerprint density at radius 1 is 1.07 bits per heavy atom. The molecule has 1 N–H and O–H groups in total. The highest BCUT2D eigenvalue weighted by Crippen LogP contribution is 2.22. The third-order valence-electron chi connectivity index (χ3n) is 5.81. The number of rotatable bonds is 5. The Balaban J connectivity index is 1.62. The van der Waals surface area contributed by atoms with E-state index in [9.17, 15) is 4.79 Å². The van der Waals surface area contributed by atoms with Crippen molar-refractivity contribution in [2.24, 2.45) is 0 Å². The molecule has 6 heteroatoms. The first-order valence-corrected chi connectivity index (χ1v) is 10.5. The lowest BCUT2D eigenvalue weighted by molar-refractivity contribution is 0.0933. The SMILES string of the molecule is CCN1CCN(c2cc(C(=O)NC3CCCC3)nc(-c3ccccc3)n2)CC1. The van der Waals surface area contributed by atoms with Gasteiger partial charge >= 0.3 is 0 Å². The number of nitrogens with zero attached hydrogens (tertiary/aromatic N) is 4. The number of amides is 1. The second kappa shape index (κ2) is 8.69. The minimum atomic E-state index is -0.0834. The summed E-state index contributed by atoms with van der Waals surface area (Å²) in [5.74, 6) is 1.38. The average molecular weight is 380 g/mol. The van der Waals surface area contributed by atoms with E-state index in [0.29, 0.717) is 11.5 Å². The first-order chi connectivity index (χ1) is 13.7. The van der Waals surface area contributed by atoms with Gasteiger partial charge in [-0.15, -0.1) is 0 Å². The van der Waals surface area contributed by atoms with Gasteiger partial charge in [0.2, 0.25) is 0 Å².